The monoisotopic (exact) mass is 327 g/mol. The first kappa shape index (κ1) is 15.5. The van der Waals surface area contributed by atoms with E-state index < -0.39 is 22.4 Å². The van der Waals surface area contributed by atoms with Gasteiger partial charge in [0.2, 0.25) is 0 Å². The summed E-state index contributed by atoms with van der Waals surface area (Å²) in [4.78, 5) is 16.3. The number of nitro benzene ring substituents is 1. The number of benzene rings is 1. The predicted molar refractivity (Wildman–Crippen MR) is 76.4 cm³/mol. The quantitative estimate of drug-likeness (QED) is 0.626. The van der Waals surface area contributed by atoms with Crippen molar-refractivity contribution in [2.75, 3.05) is 31.2 Å². The minimum atomic E-state index is -4.66. The number of pyridine rings is 1. The van der Waals surface area contributed by atoms with E-state index in [0.717, 1.165) is 6.07 Å². The van der Waals surface area contributed by atoms with Crippen molar-refractivity contribution < 1.29 is 22.8 Å². The number of anilines is 1. The number of aromatic nitrogens is 1. The number of ether oxygens (including phenoxy) is 1. The van der Waals surface area contributed by atoms with Crippen LogP contribution in [-0.2, 0) is 10.9 Å². The molecule has 1 aromatic heterocycles. The number of nitrogens with zero attached hydrogens (tertiary/aromatic N) is 3. The predicted octanol–water partition coefficient (Wildman–Crippen LogP) is 3.00. The second kappa shape index (κ2) is 5.65. The summed E-state index contributed by atoms with van der Waals surface area (Å²) in [5, 5.41) is 11.2. The van der Waals surface area contributed by atoms with Crippen LogP contribution in [-0.4, -0.2) is 36.2 Å². The van der Waals surface area contributed by atoms with Gasteiger partial charge in [0, 0.05) is 19.2 Å². The van der Waals surface area contributed by atoms with Gasteiger partial charge in [-0.2, -0.15) is 13.2 Å². The number of nitro groups is 1. The molecule has 3 rings (SSSR count). The molecule has 0 N–H and O–H groups in total. The number of halogens is 3. The Bertz CT molecular complexity index is 758. The highest BCUT2D eigenvalue weighted by atomic mass is 19.4. The van der Waals surface area contributed by atoms with Gasteiger partial charge in [0.15, 0.2) is 0 Å². The molecule has 2 heterocycles. The van der Waals surface area contributed by atoms with Crippen molar-refractivity contribution >= 4 is 22.3 Å². The molecule has 0 unspecified atom stereocenters. The molecular formula is C14H12F3N3O3. The van der Waals surface area contributed by atoms with E-state index in [1.54, 1.807) is 0 Å². The van der Waals surface area contributed by atoms with Gasteiger partial charge in [-0.15, -0.1) is 0 Å². The summed E-state index contributed by atoms with van der Waals surface area (Å²) in [6.45, 7) is 2.24. The van der Waals surface area contributed by atoms with E-state index in [9.17, 15) is 23.3 Å². The van der Waals surface area contributed by atoms with E-state index >= 15 is 0 Å². The fraction of sp³-hybridized carbons (Fsp3) is 0.357. The van der Waals surface area contributed by atoms with E-state index in [1.165, 1.54) is 12.3 Å². The summed E-state index contributed by atoms with van der Waals surface area (Å²) in [6.07, 6.45) is -3.24. The molecule has 0 atom stereocenters. The molecule has 0 amide bonds. The fourth-order valence-electron chi connectivity index (χ4n) is 2.51. The van der Waals surface area contributed by atoms with Crippen LogP contribution >= 0.6 is 0 Å². The molecule has 0 bridgehead atoms. The molecule has 1 fully saturated rings. The molecule has 23 heavy (non-hydrogen) atoms. The Morgan fingerprint density at radius 2 is 1.91 bits per heavy atom. The van der Waals surface area contributed by atoms with Crippen molar-refractivity contribution in [2.45, 2.75) is 6.18 Å². The van der Waals surface area contributed by atoms with Crippen LogP contribution in [0.15, 0.2) is 24.4 Å². The highest BCUT2D eigenvalue weighted by Gasteiger charge is 2.33. The zero-order valence-corrected chi connectivity index (χ0v) is 11.8. The molecule has 122 valence electrons. The molecule has 0 aliphatic carbocycles. The number of hydrogen-bond donors (Lipinski definition) is 0. The maximum Gasteiger partial charge on any atom is 0.416 e. The Kier molecular flexibility index (Phi) is 3.80. The topological polar surface area (TPSA) is 68.5 Å². The van der Waals surface area contributed by atoms with Crippen LogP contribution in [0.3, 0.4) is 0 Å². The molecule has 9 heteroatoms. The van der Waals surface area contributed by atoms with Crippen molar-refractivity contribution in [1.82, 2.24) is 4.98 Å². The Hall–Kier alpha value is -2.42. The molecule has 2 aromatic rings. The van der Waals surface area contributed by atoms with Gasteiger partial charge in [-0.05, 0) is 12.1 Å². The van der Waals surface area contributed by atoms with E-state index in [1.807, 2.05) is 4.90 Å². The van der Waals surface area contributed by atoms with Crippen LogP contribution < -0.4 is 4.90 Å². The summed E-state index contributed by atoms with van der Waals surface area (Å²) >= 11 is 0. The van der Waals surface area contributed by atoms with Crippen LogP contribution in [0.1, 0.15) is 5.56 Å². The minimum absolute atomic E-state index is 0.0523. The zero-order valence-electron chi connectivity index (χ0n) is 11.8. The summed E-state index contributed by atoms with van der Waals surface area (Å²) in [5.74, 6) is 0. The average Bonchev–Trinajstić information content (AvgIpc) is 2.53. The smallest absolute Gasteiger partial charge is 0.378 e. The second-order valence-electron chi connectivity index (χ2n) is 5.11. The van der Waals surface area contributed by atoms with Gasteiger partial charge in [-0.1, -0.05) is 0 Å². The Morgan fingerprint density at radius 1 is 1.22 bits per heavy atom. The molecule has 1 aliphatic rings. The van der Waals surface area contributed by atoms with Gasteiger partial charge < -0.3 is 9.64 Å². The lowest BCUT2D eigenvalue weighted by Gasteiger charge is -2.28. The largest absolute Gasteiger partial charge is 0.416 e. The molecule has 0 saturated carbocycles. The normalized spacial score (nSPS) is 15.9. The highest BCUT2D eigenvalue weighted by Crippen LogP contribution is 2.36. The third kappa shape index (κ3) is 3.04. The van der Waals surface area contributed by atoms with Crippen LogP contribution in [0, 0.1) is 10.1 Å². The van der Waals surface area contributed by atoms with Gasteiger partial charge in [0.05, 0.1) is 46.5 Å². The van der Waals surface area contributed by atoms with Crippen molar-refractivity contribution in [3.8, 4) is 0 Å². The molecule has 1 aliphatic heterocycles. The Labute approximate surface area is 128 Å². The fourth-order valence-corrected chi connectivity index (χ4v) is 2.51. The number of rotatable bonds is 2. The van der Waals surface area contributed by atoms with Gasteiger partial charge in [0.1, 0.15) is 0 Å². The van der Waals surface area contributed by atoms with E-state index in [2.05, 4.69) is 4.98 Å². The SMILES string of the molecule is O=[N+]([O-])c1cc(C(F)(F)F)cc2ncc(N3CCOCC3)cc12. The first-order chi connectivity index (χ1) is 10.9. The first-order valence-electron chi connectivity index (χ1n) is 6.84. The van der Waals surface area contributed by atoms with Gasteiger partial charge >= 0.3 is 6.18 Å². The maximum absolute atomic E-state index is 12.9. The van der Waals surface area contributed by atoms with Gasteiger partial charge in [-0.3, -0.25) is 15.1 Å². The lowest BCUT2D eigenvalue weighted by Crippen LogP contribution is -2.36. The average molecular weight is 327 g/mol. The molecule has 1 aromatic carbocycles. The lowest BCUT2D eigenvalue weighted by molar-refractivity contribution is -0.383. The van der Waals surface area contributed by atoms with E-state index in [4.69, 9.17) is 4.74 Å². The highest BCUT2D eigenvalue weighted by molar-refractivity contribution is 5.91. The number of hydrogen-bond acceptors (Lipinski definition) is 5. The van der Waals surface area contributed by atoms with Crippen LogP contribution in [0.5, 0.6) is 0 Å². The Balaban J connectivity index is 2.14. The second-order valence-corrected chi connectivity index (χ2v) is 5.11. The number of non-ortho nitro benzene ring substituents is 1. The third-order valence-electron chi connectivity index (χ3n) is 3.66. The molecular weight excluding hydrogens is 315 g/mol. The van der Waals surface area contributed by atoms with Crippen molar-refractivity contribution in [3.05, 3.63) is 40.1 Å². The first-order valence-corrected chi connectivity index (χ1v) is 6.84. The van der Waals surface area contributed by atoms with E-state index in [-0.39, 0.29) is 10.9 Å². The van der Waals surface area contributed by atoms with Crippen molar-refractivity contribution in [2.24, 2.45) is 0 Å². The molecule has 0 spiro atoms. The molecule has 6 nitrogen and oxygen atoms in total. The maximum atomic E-state index is 12.9. The number of fused-ring (bicyclic) bond motifs is 1. The standard InChI is InChI=1S/C14H12F3N3O3/c15-14(16,17)9-5-12-11(13(6-9)20(21)22)7-10(8-18-12)19-1-3-23-4-2-19/h5-8H,1-4H2. The summed E-state index contributed by atoms with van der Waals surface area (Å²) < 4.78 is 43.8. The van der Waals surface area contributed by atoms with Gasteiger partial charge in [0.25, 0.3) is 5.69 Å². The van der Waals surface area contributed by atoms with Crippen molar-refractivity contribution in [1.29, 1.82) is 0 Å². The van der Waals surface area contributed by atoms with E-state index in [0.29, 0.717) is 38.1 Å². The summed E-state index contributed by atoms with van der Waals surface area (Å²) in [7, 11) is 0. The lowest BCUT2D eigenvalue weighted by atomic mass is 10.1. The van der Waals surface area contributed by atoms with Crippen LogP contribution in [0.2, 0.25) is 0 Å². The van der Waals surface area contributed by atoms with Crippen molar-refractivity contribution in [3.63, 3.8) is 0 Å². The molecule has 0 radical (unpaired) electrons. The summed E-state index contributed by atoms with van der Waals surface area (Å²) in [5.41, 5.74) is -1.10. The summed E-state index contributed by atoms with van der Waals surface area (Å²) in [6, 6.07) is 2.88. The zero-order chi connectivity index (χ0) is 16.6. The number of morpholine rings is 1. The van der Waals surface area contributed by atoms with Gasteiger partial charge in [-0.25, -0.2) is 0 Å². The van der Waals surface area contributed by atoms with Crippen LogP contribution in [0.25, 0.3) is 10.9 Å². The molecule has 1 saturated heterocycles. The minimum Gasteiger partial charge on any atom is -0.378 e. The van der Waals surface area contributed by atoms with Crippen LogP contribution in [0.4, 0.5) is 24.5 Å². The Morgan fingerprint density at radius 3 is 2.52 bits per heavy atom. The number of alkyl halides is 3. The third-order valence-corrected chi connectivity index (χ3v) is 3.66.